The first-order valence-electron chi connectivity index (χ1n) is 6.58. The lowest BCUT2D eigenvalue weighted by molar-refractivity contribution is 0.432. The van der Waals surface area contributed by atoms with E-state index in [0.29, 0.717) is 22.8 Å². The third-order valence-electron chi connectivity index (χ3n) is 3.31. The van der Waals surface area contributed by atoms with Crippen molar-refractivity contribution >= 4 is 11.2 Å². The van der Waals surface area contributed by atoms with E-state index in [-0.39, 0.29) is 5.82 Å². The lowest BCUT2D eigenvalue weighted by Gasteiger charge is -1.95. The highest BCUT2D eigenvalue weighted by Crippen LogP contribution is 2.24. The van der Waals surface area contributed by atoms with Crippen LogP contribution in [0.5, 0.6) is 0 Å². The molecule has 22 heavy (non-hydrogen) atoms. The maximum absolute atomic E-state index is 13.3. The maximum atomic E-state index is 13.3. The summed E-state index contributed by atoms with van der Waals surface area (Å²) >= 11 is 0. The predicted molar refractivity (Wildman–Crippen MR) is 77.2 cm³/mol. The minimum atomic E-state index is -0.347. The molecule has 7 heteroatoms. The molecule has 0 fully saturated rings. The Morgan fingerprint density at radius 3 is 2.91 bits per heavy atom. The van der Waals surface area contributed by atoms with E-state index < -0.39 is 0 Å². The zero-order valence-corrected chi connectivity index (χ0v) is 11.6. The van der Waals surface area contributed by atoms with Crippen LogP contribution < -0.4 is 0 Å². The predicted octanol–water partition coefficient (Wildman–Crippen LogP) is 2.82. The largest absolute Gasteiger partial charge is 0.334 e. The Hall–Kier alpha value is -3.09. The zero-order chi connectivity index (χ0) is 15.1. The molecule has 3 aromatic heterocycles. The molecule has 6 nitrogen and oxygen atoms in total. The van der Waals surface area contributed by atoms with E-state index in [1.165, 1.54) is 12.1 Å². The topological polar surface area (TPSA) is 69.6 Å². The molecule has 0 saturated carbocycles. The zero-order valence-electron chi connectivity index (χ0n) is 11.6. The maximum Gasteiger partial charge on any atom is 0.259 e. The highest BCUT2D eigenvalue weighted by molar-refractivity contribution is 5.76. The molecule has 4 aromatic rings. The van der Waals surface area contributed by atoms with Crippen molar-refractivity contribution in [2.24, 2.45) is 7.05 Å². The molecule has 0 bridgehead atoms. The van der Waals surface area contributed by atoms with Crippen molar-refractivity contribution in [3.05, 3.63) is 48.7 Å². The van der Waals surface area contributed by atoms with E-state index in [1.807, 2.05) is 17.7 Å². The Balaban J connectivity index is 1.76. The monoisotopic (exact) mass is 295 g/mol. The lowest BCUT2D eigenvalue weighted by atomic mass is 10.2. The molecule has 0 saturated heterocycles. The van der Waals surface area contributed by atoms with Crippen molar-refractivity contribution in [1.29, 1.82) is 0 Å². The Bertz CT molecular complexity index is 975. The number of benzene rings is 1. The average molecular weight is 295 g/mol. The number of nitrogens with zero attached hydrogens (tertiary/aromatic N) is 5. The first kappa shape index (κ1) is 12.6. The second-order valence-electron chi connectivity index (χ2n) is 4.86. The van der Waals surface area contributed by atoms with Gasteiger partial charge in [0, 0.05) is 18.8 Å². The van der Waals surface area contributed by atoms with Gasteiger partial charge in [-0.3, -0.25) is 0 Å². The van der Waals surface area contributed by atoms with Crippen LogP contribution in [-0.4, -0.2) is 24.7 Å². The number of pyridine rings is 1. The first-order chi connectivity index (χ1) is 10.7. The molecule has 0 unspecified atom stereocenters. The second kappa shape index (κ2) is 4.73. The Morgan fingerprint density at radius 2 is 2.05 bits per heavy atom. The number of aromatic nitrogens is 5. The summed E-state index contributed by atoms with van der Waals surface area (Å²) in [4.78, 5) is 12.9. The molecular formula is C15H10FN5O. The quantitative estimate of drug-likeness (QED) is 0.568. The third kappa shape index (κ3) is 2.03. The number of halogens is 1. The second-order valence-corrected chi connectivity index (χ2v) is 4.86. The van der Waals surface area contributed by atoms with Gasteiger partial charge in [0.25, 0.3) is 5.89 Å². The van der Waals surface area contributed by atoms with Crippen LogP contribution in [0.3, 0.4) is 0 Å². The molecule has 0 aliphatic rings. The number of imidazole rings is 1. The van der Waals surface area contributed by atoms with E-state index in [9.17, 15) is 4.39 Å². The lowest BCUT2D eigenvalue weighted by Crippen LogP contribution is -1.88. The van der Waals surface area contributed by atoms with Crippen molar-refractivity contribution in [3.8, 4) is 22.8 Å². The SMILES string of the molecule is Cn1cnc2cc(-c3nc(-c4cccc(F)c4)no3)cnc21. The number of rotatable bonds is 2. The number of hydrogen-bond acceptors (Lipinski definition) is 5. The van der Waals surface area contributed by atoms with Gasteiger partial charge in [-0.15, -0.1) is 0 Å². The summed E-state index contributed by atoms with van der Waals surface area (Å²) in [6, 6.07) is 7.86. The third-order valence-corrected chi connectivity index (χ3v) is 3.31. The van der Waals surface area contributed by atoms with Gasteiger partial charge in [-0.25, -0.2) is 14.4 Å². The summed E-state index contributed by atoms with van der Waals surface area (Å²) in [5.74, 6) is 0.301. The summed E-state index contributed by atoms with van der Waals surface area (Å²) in [6.45, 7) is 0. The Labute approximate surface area is 124 Å². The van der Waals surface area contributed by atoms with Gasteiger partial charge in [-0.1, -0.05) is 17.3 Å². The van der Waals surface area contributed by atoms with Crippen LogP contribution in [0.25, 0.3) is 34.0 Å². The van der Waals surface area contributed by atoms with E-state index in [1.54, 1.807) is 24.7 Å². The van der Waals surface area contributed by atoms with Gasteiger partial charge in [0.15, 0.2) is 5.65 Å². The molecule has 108 valence electrons. The summed E-state index contributed by atoms with van der Waals surface area (Å²) in [5, 5.41) is 3.88. The Kier molecular flexibility index (Phi) is 2.72. The van der Waals surface area contributed by atoms with Gasteiger partial charge in [-0.05, 0) is 18.2 Å². The fourth-order valence-electron chi connectivity index (χ4n) is 2.22. The standard InChI is InChI=1S/C15H10FN5O/c1-21-8-18-12-6-10(7-17-14(12)21)15-19-13(20-22-15)9-3-2-4-11(16)5-9/h2-8H,1H3. The number of hydrogen-bond donors (Lipinski definition) is 0. The highest BCUT2D eigenvalue weighted by Gasteiger charge is 2.13. The molecular weight excluding hydrogens is 285 g/mol. The molecule has 4 rings (SSSR count). The van der Waals surface area contributed by atoms with Gasteiger partial charge in [0.2, 0.25) is 5.82 Å². The summed E-state index contributed by atoms with van der Waals surface area (Å²) in [6.07, 6.45) is 3.33. The molecule has 0 aliphatic heterocycles. The molecule has 3 heterocycles. The minimum Gasteiger partial charge on any atom is -0.334 e. The van der Waals surface area contributed by atoms with Crippen molar-refractivity contribution < 1.29 is 8.91 Å². The van der Waals surface area contributed by atoms with Crippen molar-refractivity contribution in [3.63, 3.8) is 0 Å². The van der Waals surface area contributed by atoms with Crippen molar-refractivity contribution in [1.82, 2.24) is 24.7 Å². The molecule has 0 radical (unpaired) electrons. The van der Waals surface area contributed by atoms with Gasteiger partial charge < -0.3 is 9.09 Å². The molecule has 0 spiro atoms. The van der Waals surface area contributed by atoms with E-state index in [0.717, 1.165) is 11.2 Å². The molecule has 1 aromatic carbocycles. The number of aryl methyl sites for hydroxylation is 1. The summed E-state index contributed by atoms with van der Waals surface area (Å²) in [5.41, 5.74) is 2.74. The van der Waals surface area contributed by atoms with Gasteiger partial charge in [-0.2, -0.15) is 4.98 Å². The minimum absolute atomic E-state index is 0.319. The first-order valence-corrected chi connectivity index (χ1v) is 6.58. The van der Waals surface area contributed by atoms with Crippen LogP contribution in [0.2, 0.25) is 0 Å². The number of fused-ring (bicyclic) bond motifs is 1. The smallest absolute Gasteiger partial charge is 0.259 e. The van der Waals surface area contributed by atoms with Crippen LogP contribution in [0.1, 0.15) is 0 Å². The summed E-state index contributed by atoms with van der Waals surface area (Å²) < 4.78 is 20.3. The van der Waals surface area contributed by atoms with Crippen LogP contribution in [0, 0.1) is 5.82 Å². The molecule has 0 N–H and O–H groups in total. The Morgan fingerprint density at radius 1 is 1.14 bits per heavy atom. The van der Waals surface area contributed by atoms with Crippen molar-refractivity contribution in [2.45, 2.75) is 0 Å². The fourth-order valence-corrected chi connectivity index (χ4v) is 2.22. The van der Waals surface area contributed by atoms with Crippen LogP contribution in [-0.2, 0) is 7.05 Å². The van der Waals surface area contributed by atoms with Crippen molar-refractivity contribution in [2.75, 3.05) is 0 Å². The van der Waals surface area contributed by atoms with E-state index in [4.69, 9.17) is 4.52 Å². The van der Waals surface area contributed by atoms with Crippen LogP contribution >= 0.6 is 0 Å². The van der Waals surface area contributed by atoms with Crippen LogP contribution in [0.4, 0.5) is 4.39 Å². The summed E-state index contributed by atoms with van der Waals surface area (Å²) in [7, 11) is 1.87. The fraction of sp³-hybridized carbons (Fsp3) is 0.0667. The van der Waals surface area contributed by atoms with E-state index >= 15 is 0 Å². The van der Waals surface area contributed by atoms with Gasteiger partial charge >= 0.3 is 0 Å². The molecule has 0 atom stereocenters. The van der Waals surface area contributed by atoms with Gasteiger partial charge in [0.1, 0.15) is 11.3 Å². The van der Waals surface area contributed by atoms with Gasteiger partial charge in [0.05, 0.1) is 11.9 Å². The normalized spacial score (nSPS) is 11.2. The molecule has 0 aliphatic carbocycles. The highest BCUT2D eigenvalue weighted by atomic mass is 19.1. The average Bonchev–Trinajstić information content (AvgIpc) is 3.15. The van der Waals surface area contributed by atoms with E-state index in [2.05, 4.69) is 20.1 Å². The molecule has 0 amide bonds. The van der Waals surface area contributed by atoms with Crippen LogP contribution in [0.15, 0.2) is 47.4 Å².